The number of hydrogen-bond donors (Lipinski definition) is 0. The molecule has 1 amide bonds. The van der Waals surface area contributed by atoms with Gasteiger partial charge >= 0.3 is 6.18 Å². The summed E-state index contributed by atoms with van der Waals surface area (Å²) in [7, 11) is 0. The van der Waals surface area contributed by atoms with Crippen molar-refractivity contribution < 1.29 is 22.7 Å². The van der Waals surface area contributed by atoms with E-state index in [1.807, 2.05) is 6.07 Å². The molecule has 0 radical (unpaired) electrons. The SMILES string of the molecule is C[C@H]1O[C@@H](C(F)(F)F)CN(Cc2ccccc2)C1=O. The predicted molar refractivity (Wildman–Crippen MR) is 62.2 cm³/mol. The van der Waals surface area contributed by atoms with Crippen LogP contribution in [0, 0.1) is 0 Å². The third-order valence-corrected chi connectivity index (χ3v) is 3.00. The summed E-state index contributed by atoms with van der Waals surface area (Å²) in [6, 6.07) is 8.92. The number of carbonyl (C=O) groups is 1. The summed E-state index contributed by atoms with van der Waals surface area (Å²) in [5.74, 6) is -0.413. The fraction of sp³-hybridized carbons (Fsp3) is 0.462. The summed E-state index contributed by atoms with van der Waals surface area (Å²) < 4.78 is 42.8. The Balaban J connectivity index is 2.12. The number of benzene rings is 1. The highest BCUT2D eigenvalue weighted by Gasteiger charge is 2.47. The van der Waals surface area contributed by atoms with Gasteiger partial charge in [0.1, 0.15) is 6.10 Å². The molecular formula is C13H14F3NO2. The van der Waals surface area contributed by atoms with Crippen molar-refractivity contribution in [2.45, 2.75) is 31.9 Å². The lowest BCUT2D eigenvalue weighted by atomic mass is 10.1. The zero-order chi connectivity index (χ0) is 14.0. The van der Waals surface area contributed by atoms with Gasteiger partial charge in [0.05, 0.1) is 6.54 Å². The highest BCUT2D eigenvalue weighted by Crippen LogP contribution is 2.28. The monoisotopic (exact) mass is 273 g/mol. The standard InChI is InChI=1S/C13H14F3NO2/c1-9-12(18)17(7-10-5-3-2-4-6-10)8-11(19-9)13(14,15)16/h2-6,9,11H,7-8H2,1H3/t9-,11-/m1/s1. The van der Waals surface area contributed by atoms with Gasteiger partial charge in [0, 0.05) is 6.54 Å². The van der Waals surface area contributed by atoms with Crippen molar-refractivity contribution in [3.8, 4) is 0 Å². The summed E-state index contributed by atoms with van der Waals surface area (Å²) in [5.41, 5.74) is 0.797. The normalized spacial score (nSPS) is 24.6. The number of morpholine rings is 1. The number of amides is 1. The van der Waals surface area contributed by atoms with Crippen molar-refractivity contribution >= 4 is 5.91 Å². The van der Waals surface area contributed by atoms with Crippen LogP contribution in [0.4, 0.5) is 13.2 Å². The quantitative estimate of drug-likeness (QED) is 0.828. The maximum absolute atomic E-state index is 12.7. The van der Waals surface area contributed by atoms with Crippen LogP contribution in [0.3, 0.4) is 0 Å². The van der Waals surface area contributed by atoms with E-state index in [4.69, 9.17) is 4.74 Å². The van der Waals surface area contributed by atoms with E-state index in [1.165, 1.54) is 11.8 Å². The van der Waals surface area contributed by atoms with Crippen molar-refractivity contribution in [1.82, 2.24) is 4.90 Å². The third-order valence-electron chi connectivity index (χ3n) is 3.00. The first-order chi connectivity index (χ1) is 8.88. The molecule has 1 aromatic carbocycles. The number of nitrogens with zero attached hydrogens (tertiary/aromatic N) is 1. The van der Waals surface area contributed by atoms with E-state index in [0.717, 1.165) is 5.56 Å². The molecule has 6 heteroatoms. The fourth-order valence-electron chi connectivity index (χ4n) is 2.02. The Morgan fingerprint density at radius 1 is 1.32 bits per heavy atom. The second-order valence-corrected chi connectivity index (χ2v) is 4.51. The van der Waals surface area contributed by atoms with Crippen molar-refractivity contribution in [2.75, 3.05) is 6.54 Å². The molecule has 1 aromatic rings. The lowest BCUT2D eigenvalue weighted by molar-refractivity contribution is -0.248. The first-order valence-corrected chi connectivity index (χ1v) is 5.93. The average molecular weight is 273 g/mol. The molecule has 0 aromatic heterocycles. The molecule has 0 unspecified atom stereocenters. The van der Waals surface area contributed by atoms with E-state index >= 15 is 0 Å². The molecule has 1 fully saturated rings. The third kappa shape index (κ3) is 3.26. The minimum absolute atomic E-state index is 0.167. The molecule has 3 nitrogen and oxygen atoms in total. The van der Waals surface area contributed by atoms with Crippen LogP contribution in [0.25, 0.3) is 0 Å². The van der Waals surface area contributed by atoms with Crippen molar-refractivity contribution in [3.63, 3.8) is 0 Å². The molecule has 1 aliphatic rings. The largest absolute Gasteiger partial charge is 0.416 e. The number of carbonyl (C=O) groups excluding carboxylic acids is 1. The van der Waals surface area contributed by atoms with Crippen LogP contribution in [0.1, 0.15) is 12.5 Å². The van der Waals surface area contributed by atoms with E-state index in [9.17, 15) is 18.0 Å². The lowest BCUT2D eigenvalue weighted by Gasteiger charge is -2.37. The second kappa shape index (κ2) is 5.21. The van der Waals surface area contributed by atoms with E-state index in [-0.39, 0.29) is 6.54 Å². The Bertz CT molecular complexity index is 447. The molecular weight excluding hydrogens is 259 g/mol. The lowest BCUT2D eigenvalue weighted by Crippen LogP contribution is -2.55. The molecule has 19 heavy (non-hydrogen) atoms. The van der Waals surface area contributed by atoms with Crippen LogP contribution in [-0.2, 0) is 16.1 Å². The van der Waals surface area contributed by atoms with Gasteiger partial charge < -0.3 is 9.64 Å². The zero-order valence-corrected chi connectivity index (χ0v) is 10.4. The van der Waals surface area contributed by atoms with Crippen molar-refractivity contribution in [2.24, 2.45) is 0 Å². The minimum Gasteiger partial charge on any atom is -0.354 e. The molecule has 0 N–H and O–H groups in total. The number of hydrogen-bond acceptors (Lipinski definition) is 2. The van der Waals surface area contributed by atoms with Crippen LogP contribution in [0.5, 0.6) is 0 Å². The predicted octanol–water partition coefficient (Wildman–Crippen LogP) is 2.36. The van der Waals surface area contributed by atoms with Gasteiger partial charge in [-0.25, -0.2) is 0 Å². The zero-order valence-electron chi connectivity index (χ0n) is 10.4. The molecule has 0 aliphatic carbocycles. The molecule has 1 saturated heterocycles. The first-order valence-electron chi connectivity index (χ1n) is 5.93. The Kier molecular flexibility index (Phi) is 3.80. The first kappa shape index (κ1) is 13.9. The van der Waals surface area contributed by atoms with Gasteiger partial charge in [-0.15, -0.1) is 0 Å². The smallest absolute Gasteiger partial charge is 0.354 e. The van der Waals surface area contributed by atoms with E-state index in [0.29, 0.717) is 0 Å². The average Bonchev–Trinajstić information content (AvgIpc) is 2.34. The summed E-state index contributed by atoms with van der Waals surface area (Å²) in [6.07, 6.45) is -7.43. The maximum Gasteiger partial charge on any atom is 0.416 e. The molecule has 0 saturated carbocycles. The summed E-state index contributed by atoms with van der Waals surface area (Å²) >= 11 is 0. The molecule has 0 bridgehead atoms. The van der Waals surface area contributed by atoms with Gasteiger partial charge in [0.2, 0.25) is 0 Å². The summed E-state index contributed by atoms with van der Waals surface area (Å²) in [4.78, 5) is 13.0. The van der Waals surface area contributed by atoms with Gasteiger partial charge in [0.15, 0.2) is 6.10 Å². The van der Waals surface area contributed by atoms with Gasteiger partial charge in [-0.1, -0.05) is 30.3 Å². The molecule has 2 atom stereocenters. The fourth-order valence-corrected chi connectivity index (χ4v) is 2.02. The van der Waals surface area contributed by atoms with Gasteiger partial charge in [0.25, 0.3) is 5.91 Å². The van der Waals surface area contributed by atoms with Crippen LogP contribution >= 0.6 is 0 Å². The molecule has 0 spiro atoms. The Morgan fingerprint density at radius 2 is 1.95 bits per heavy atom. The number of alkyl halides is 3. The second-order valence-electron chi connectivity index (χ2n) is 4.51. The van der Waals surface area contributed by atoms with E-state index in [2.05, 4.69) is 0 Å². The molecule has 2 rings (SSSR count). The minimum atomic E-state index is -4.45. The topological polar surface area (TPSA) is 29.5 Å². The summed E-state index contributed by atoms with van der Waals surface area (Å²) in [6.45, 7) is 1.06. The highest BCUT2D eigenvalue weighted by atomic mass is 19.4. The summed E-state index contributed by atoms with van der Waals surface area (Å²) in [5, 5.41) is 0. The van der Waals surface area contributed by atoms with Crippen LogP contribution in [0.15, 0.2) is 30.3 Å². The Morgan fingerprint density at radius 3 is 2.53 bits per heavy atom. The van der Waals surface area contributed by atoms with Crippen LogP contribution in [-0.4, -0.2) is 35.7 Å². The number of halogens is 3. The molecule has 104 valence electrons. The van der Waals surface area contributed by atoms with Crippen LogP contribution in [0.2, 0.25) is 0 Å². The highest BCUT2D eigenvalue weighted by molar-refractivity contribution is 5.81. The Labute approximate surface area is 109 Å². The maximum atomic E-state index is 12.7. The van der Waals surface area contributed by atoms with Crippen LogP contribution < -0.4 is 0 Å². The van der Waals surface area contributed by atoms with Gasteiger partial charge in [-0.3, -0.25) is 4.79 Å². The van der Waals surface area contributed by atoms with E-state index in [1.54, 1.807) is 24.3 Å². The van der Waals surface area contributed by atoms with Crippen molar-refractivity contribution in [1.29, 1.82) is 0 Å². The van der Waals surface area contributed by atoms with Gasteiger partial charge in [-0.05, 0) is 12.5 Å². The molecule has 1 heterocycles. The Hall–Kier alpha value is -1.56. The number of ether oxygens (including phenoxy) is 1. The molecule has 1 aliphatic heterocycles. The van der Waals surface area contributed by atoms with Gasteiger partial charge in [-0.2, -0.15) is 13.2 Å². The van der Waals surface area contributed by atoms with E-state index < -0.39 is 30.8 Å². The van der Waals surface area contributed by atoms with Crippen molar-refractivity contribution in [3.05, 3.63) is 35.9 Å². The number of rotatable bonds is 2.